The van der Waals surface area contributed by atoms with Crippen molar-refractivity contribution in [3.8, 4) is 11.6 Å². The Morgan fingerprint density at radius 3 is 2.73 bits per heavy atom. The Morgan fingerprint density at radius 1 is 1.32 bits per heavy atom. The normalized spacial score (nSPS) is 16.0. The third-order valence-electron chi connectivity index (χ3n) is 6.65. The van der Waals surface area contributed by atoms with Crippen molar-refractivity contribution in [2.75, 3.05) is 24.1 Å². The standard InChI is InChI=1S/C29H35ClFN3O6S/c1-5-33-18-26(28(32-33)39-14-13-35)41(37,38)34-17-21(11-12-29(3,4)36)40-25-10-9-20(16-24(25)34)15-19(2)27-22(30)7-6-8-23(27)31/h6-10,15-16,18,21,35-36H,5,11-14,17H2,1-4H3/b19-15+/t21-/m0/s1. The van der Waals surface area contributed by atoms with Crippen LogP contribution >= 0.6 is 11.6 Å². The number of allylic oxidation sites excluding steroid dienone is 1. The molecular formula is C29H35ClFN3O6S. The van der Waals surface area contributed by atoms with E-state index in [2.05, 4.69) is 5.10 Å². The highest BCUT2D eigenvalue weighted by atomic mass is 35.5. The van der Waals surface area contributed by atoms with Gasteiger partial charge >= 0.3 is 0 Å². The van der Waals surface area contributed by atoms with Gasteiger partial charge in [0.15, 0.2) is 4.90 Å². The summed E-state index contributed by atoms with van der Waals surface area (Å²) in [7, 11) is -4.22. The van der Waals surface area contributed by atoms with Crippen LogP contribution in [0.5, 0.6) is 11.6 Å². The quantitative estimate of drug-likeness (QED) is 0.290. The molecule has 3 aromatic rings. The topological polar surface area (TPSA) is 114 Å². The van der Waals surface area contributed by atoms with Crippen molar-refractivity contribution in [3.63, 3.8) is 0 Å². The number of aromatic nitrogens is 2. The second-order valence-corrected chi connectivity index (χ2v) is 12.7. The molecule has 0 bridgehead atoms. The lowest BCUT2D eigenvalue weighted by Crippen LogP contribution is -2.44. The molecule has 9 nitrogen and oxygen atoms in total. The second-order valence-electron chi connectivity index (χ2n) is 10.5. The molecule has 0 aliphatic carbocycles. The van der Waals surface area contributed by atoms with Gasteiger partial charge in [-0.05, 0) is 75.9 Å². The number of aliphatic hydroxyl groups is 2. The van der Waals surface area contributed by atoms with E-state index >= 15 is 0 Å². The first-order valence-electron chi connectivity index (χ1n) is 13.3. The molecule has 0 saturated heterocycles. The summed E-state index contributed by atoms with van der Waals surface area (Å²) in [5.74, 6) is -0.224. The van der Waals surface area contributed by atoms with Crippen molar-refractivity contribution in [2.45, 2.75) is 63.7 Å². The lowest BCUT2D eigenvalue weighted by Gasteiger charge is -2.36. The zero-order valence-electron chi connectivity index (χ0n) is 23.5. The number of benzene rings is 2. The number of aryl methyl sites for hydroxylation is 1. The van der Waals surface area contributed by atoms with Crippen LogP contribution in [0.1, 0.15) is 51.7 Å². The van der Waals surface area contributed by atoms with E-state index in [1.54, 1.807) is 51.1 Å². The van der Waals surface area contributed by atoms with Crippen LogP contribution in [0.15, 0.2) is 47.5 Å². The molecule has 12 heteroatoms. The molecule has 0 radical (unpaired) electrons. The summed E-state index contributed by atoms with van der Waals surface area (Å²) in [6.07, 6.45) is 3.39. The highest BCUT2D eigenvalue weighted by molar-refractivity contribution is 7.93. The van der Waals surface area contributed by atoms with Crippen molar-refractivity contribution in [1.29, 1.82) is 0 Å². The molecule has 4 rings (SSSR count). The average molecular weight is 608 g/mol. The summed E-state index contributed by atoms with van der Waals surface area (Å²) in [5, 5.41) is 24.0. The SMILES string of the molecule is CCn1cc(S(=O)(=O)N2C[C@H](CCC(C)(C)O)Oc3ccc(/C=C(\C)c4c(F)cccc4Cl)cc32)c(OCCO)n1. The first-order chi connectivity index (χ1) is 19.3. The van der Waals surface area contributed by atoms with Gasteiger partial charge in [0, 0.05) is 18.3 Å². The van der Waals surface area contributed by atoms with Crippen molar-refractivity contribution in [2.24, 2.45) is 0 Å². The summed E-state index contributed by atoms with van der Waals surface area (Å²) in [5.41, 5.74) is 0.771. The smallest absolute Gasteiger partial charge is 0.271 e. The van der Waals surface area contributed by atoms with E-state index in [9.17, 15) is 23.0 Å². The van der Waals surface area contributed by atoms with Gasteiger partial charge in [0.2, 0.25) is 0 Å². The summed E-state index contributed by atoms with van der Waals surface area (Å²) < 4.78 is 57.3. The molecule has 1 aromatic heterocycles. The highest BCUT2D eigenvalue weighted by Gasteiger charge is 2.38. The van der Waals surface area contributed by atoms with Crippen molar-refractivity contribution in [3.05, 3.63) is 64.6 Å². The van der Waals surface area contributed by atoms with Crippen LogP contribution in [-0.4, -0.2) is 59.9 Å². The molecular weight excluding hydrogens is 573 g/mol. The van der Waals surface area contributed by atoms with E-state index < -0.39 is 27.5 Å². The Bertz CT molecular complexity index is 1510. The molecule has 2 aromatic carbocycles. The van der Waals surface area contributed by atoms with Crippen molar-refractivity contribution < 1.29 is 32.5 Å². The summed E-state index contributed by atoms with van der Waals surface area (Å²) in [6, 6.07) is 9.55. The molecule has 1 aliphatic rings. The number of fused-ring (bicyclic) bond motifs is 1. The van der Waals surface area contributed by atoms with Gasteiger partial charge in [0.25, 0.3) is 15.9 Å². The molecule has 0 amide bonds. The maximum atomic E-state index is 14.6. The number of halogens is 2. The Hall–Kier alpha value is -3.12. The molecule has 2 N–H and O–H groups in total. The number of aliphatic hydroxyl groups excluding tert-OH is 1. The molecule has 2 heterocycles. The highest BCUT2D eigenvalue weighted by Crippen LogP contribution is 2.41. The third kappa shape index (κ3) is 7.03. The molecule has 1 atom stereocenters. The predicted octanol–water partition coefficient (Wildman–Crippen LogP) is 5.13. The van der Waals surface area contributed by atoms with Crippen LogP contribution in [-0.2, 0) is 16.6 Å². The van der Waals surface area contributed by atoms with E-state index in [0.717, 1.165) is 0 Å². The van der Waals surface area contributed by atoms with Crippen molar-refractivity contribution in [1.82, 2.24) is 9.78 Å². The van der Waals surface area contributed by atoms with Crippen LogP contribution in [0, 0.1) is 5.82 Å². The Balaban J connectivity index is 1.80. The fourth-order valence-electron chi connectivity index (χ4n) is 4.59. The fraction of sp³-hybridized carbons (Fsp3) is 0.414. The first-order valence-corrected chi connectivity index (χ1v) is 15.2. The Morgan fingerprint density at radius 2 is 2.07 bits per heavy atom. The maximum absolute atomic E-state index is 14.6. The number of ether oxygens (including phenoxy) is 2. The zero-order chi connectivity index (χ0) is 29.9. The first kappa shape index (κ1) is 30.8. The van der Waals surface area contributed by atoms with E-state index in [1.165, 1.54) is 27.3 Å². The predicted molar refractivity (Wildman–Crippen MR) is 156 cm³/mol. The minimum atomic E-state index is -4.22. The molecule has 222 valence electrons. The van der Waals surface area contributed by atoms with E-state index in [-0.39, 0.29) is 41.1 Å². The number of hydrogen-bond donors (Lipinski definition) is 2. The molecule has 0 saturated carbocycles. The Kier molecular flexibility index (Phi) is 9.32. The zero-order valence-corrected chi connectivity index (χ0v) is 25.0. The maximum Gasteiger partial charge on any atom is 0.271 e. The number of nitrogens with zero attached hydrogens (tertiary/aromatic N) is 3. The molecule has 0 fully saturated rings. The van der Waals surface area contributed by atoms with Crippen LogP contribution < -0.4 is 13.8 Å². The summed E-state index contributed by atoms with van der Waals surface area (Å²) in [6.45, 7) is 6.88. The molecule has 1 aliphatic heterocycles. The lowest BCUT2D eigenvalue weighted by atomic mass is 9.99. The van der Waals surface area contributed by atoms with Crippen molar-refractivity contribution >= 4 is 39.0 Å². The summed E-state index contributed by atoms with van der Waals surface area (Å²) >= 11 is 6.26. The van der Waals surface area contributed by atoms with Gasteiger partial charge in [-0.1, -0.05) is 29.8 Å². The van der Waals surface area contributed by atoms with Crippen LogP contribution in [0.4, 0.5) is 10.1 Å². The van der Waals surface area contributed by atoms with Gasteiger partial charge in [0.05, 0.1) is 29.5 Å². The Labute approximate surface area is 244 Å². The minimum Gasteiger partial charge on any atom is -0.486 e. The van der Waals surface area contributed by atoms with Crippen LogP contribution in [0.2, 0.25) is 5.02 Å². The summed E-state index contributed by atoms with van der Waals surface area (Å²) in [4.78, 5) is -0.142. The van der Waals surface area contributed by atoms with Crippen LogP contribution in [0.25, 0.3) is 11.6 Å². The molecule has 0 unspecified atom stereocenters. The van der Waals surface area contributed by atoms with Gasteiger partial charge in [-0.2, -0.15) is 0 Å². The minimum absolute atomic E-state index is 0.0204. The molecule has 0 spiro atoms. The average Bonchev–Trinajstić information content (AvgIpc) is 3.34. The van der Waals surface area contributed by atoms with Gasteiger partial charge in [0.1, 0.15) is 24.3 Å². The third-order valence-corrected chi connectivity index (χ3v) is 8.73. The van der Waals surface area contributed by atoms with Gasteiger partial charge in [-0.15, -0.1) is 5.10 Å². The largest absolute Gasteiger partial charge is 0.486 e. The lowest BCUT2D eigenvalue weighted by molar-refractivity contribution is 0.0534. The number of sulfonamides is 1. The fourth-order valence-corrected chi connectivity index (χ4v) is 6.48. The van der Waals surface area contributed by atoms with E-state index in [0.29, 0.717) is 42.0 Å². The van der Waals surface area contributed by atoms with Crippen LogP contribution in [0.3, 0.4) is 0 Å². The number of hydrogen-bond acceptors (Lipinski definition) is 7. The van der Waals surface area contributed by atoms with Gasteiger partial charge in [-0.3, -0.25) is 8.99 Å². The second kappa shape index (κ2) is 12.4. The van der Waals surface area contributed by atoms with E-state index in [1.807, 2.05) is 6.92 Å². The number of rotatable bonds is 11. The van der Waals surface area contributed by atoms with Gasteiger partial charge < -0.3 is 19.7 Å². The van der Waals surface area contributed by atoms with E-state index in [4.69, 9.17) is 21.1 Å². The monoisotopic (exact) mass is 607 g/mol. The number of anilines is 1. The molecule has 41 heavy (non-hydrogen) atoms. The van der Waals surface area contributed by atoms with Gasteiger partial charge in [-0.25, -0.2) is 12.8 Å².